The van der Waals surface area contributed by atoms with Crippen molar-refractivity contribution >= 4 is 0 Å². The predicted octanol–water partition coefficient (Wildman–Crippen LogP) is 3.39. The summed E-state index contributed by atoms with van der Waals surface area (Å²) in [6, 6.07) is 15.9. The summed E-state index contributed by atoms with van der Waals surface area (Å²) in [5, 5.41) is 13.6. The van der Waals surface area contributed by atoms with Crippen LogP contribution in [-0.4, -0.2) is 18.8 Å². The van der Waals surface area contributed by atoms with E-state index in [2.05, 4.69) is 25.2 Å². The first-order chi connectivity index (χ1) is 10.1. The largest absolute Gasteiger partial charge is 0.496 e. The van der Waals surface area contributed by atoms with E-state index < -0.39 is 6.10 Å². The maximum Gasteiger partial charge on any atom is 0.123 e. The highest BCUT2D eigenvalue weighted by Gasteiger charge is 2.14. The van der Waals surface area contributed by atoms with Crippen LogP contribution in [-0.2, 0) is 0 Å². The molecule has 0 aliphatic rings. The summed E-state index contributed by atoms with van der Waals surface area (Å²) in [6.45, 7) is 4.64. The summed E-state index contributed by atoms with van der Waals surface area (Å²) in [5.74, 6) is 0.870. The molecule has 0 saturated heterocycles. The molecule has 0 heterocycles. The van der Waals surface area contributed by atoms with Crippen molar-refractivity contribution in [3.8, 4) is 5.75 Å². The van der Waals surface area contributed by atoms with E-state index >= 15 is 0 Å². The number of nitrogens with one attached hydrogen (secondary N) is 1. The fourth-order valence-corrected chi connectivity index (χ4v) is 2.38. The first-order valence-corrected chi connectivity index (χ1v) is 7.22. The molecule has 0 saturated carbocycles. The fraction of sp³-hybridized carbons (Fsp3) is 0.333. The van der Waals surface area contributed by atoms with Crippen molar-refractivity contribution in [2.45, 2.75) is 26.0 Å². The van der Waals surface area contributed by atoms with E-state index in [9.17, 15) is 5.11 Å². The molecule has 21 heavy (non-hydrogen) atoms. The molecule has 0 amide bonds. The van der Waals surface area contributed by atoms with Crippen molar-refractivity contribution in [2.75, 3.05) is 13.7 Å². The standard InChI is InChI=1S/C18H23NO2/c1-13-9-10-18(21-3)16(11-13)14(2)19-12-17(20)15-7-5-4-6-8-15/h4-11,14,17,19-20H,12H2,1-3H3. The number of benzene rings is 2. The molecule has 0 aliphatic carbocycles. The van der Waals surface area contributed by atoms with Crippen molar-refractivity contribution in [3.05, 3.63) is 65.2 Å². The van der Waals surface area contributed by atoms with Gasteiger partial charge in [-0.3, -0.25) is 0 Å². The Labute approximate surface area is 126 Å². The number of hydrogen-bond acceptors (Lipinski definition) is 3. The third-order valence-electron chi connectivity index (χ3n) is 3.65. The average molecular weight is 285 g/mol. The lowest BCUT2D eigenvalue weighted by Gasteiger charge is -2.20. The molecule has 2 rings (SSSR count). The lowest BCUT2D eigenvalue weighted by molar-refractivity contribution is 0.170. The lowest BCUT2D eigenvalue weighted by Crippen LogP contribution is -2.25. The molecule has 3 heteroatoms. The van der Waals surface area contributed by atoms with Crippen LogP contribution in [0, 0.1) is 6.92 Å². The van der Waals surface area contributed by atoms with Crippen molar-refractivity contribution in [3.63, 3.8) is 0 Å². The van der Waals surface area contributed by atoms with Crippen molar-refractivity contribution in [2.24, 2.45) is 0 Å². The fourth-order valence-electron chi connectivity index (χ4n) is 2.38. The Bertz CT molecular complexity index is 569. The van der Waals surface area contributed by atoms with Gasteiger partial charge < -0.3 is 15.2 Å². The normalized spacial score (nSPS) is 13.7. The summed E-state index contributed by atoms with van der Waals surface area (Å²) >= 11 is 0. The van der Waals surface area contributed by atoms with E-state index in [0.29, 0.717) is 6.54 Å². The average Bonchev–Trinajstić information content (AvgIpc) is 2.53. The van der Waals surface area contributed by atoms with Crippen LogP contribution in [0.4, 0.5) is 0 Å². The maximum absolute atomic E-state index is 10.2. The van der Waals surface area contributed by atoms with Gasteiger partial charge in [-0.1, -0.05) is 48.0 Å². The second-order valence-corrected chi connectivity index (χ2v) is 5.30. The Kier molecular flexibility index (Phi) is 5.37. The maximum atomic E-state index is 10.2. The molecular formula is C18H23NO2. The van der Waals surface area contributed by atoms with Gasteiger partial charge in [0.15, 0.2) is 0 Å². The van der Waals surface area contributed by atoms with Gasteiger partial charge in [0.05, 0.1) is 13.2 Å². The van der Waals surface area contributed by atoms with E-state index in [1.807, 2.05) is 42.5 Å². The minimum atomic E-state index is -0.510. The van der Waals surface area contributed by atoms with Gasteiger partial charge in [0.1, 0.15) is 5.75 Å². The molecule has 0 fully saturated rings. The Hall–Kier alpha value is -1.84. The first-order valence-electron chi connectivity index (χ1n) is 7.22. The molecule has 2 aromatic rings. The number of methoxy groups -OCH3 is 1. The molecule has 0 aromatic heterocycles. The third kappa shape index (κ3) is 4.06. The Morgan fingerprint density at radius 3 is 2.52 bits per heavy atom. The Morgan fingerprint density at radius 1 is 1.14 bits per heavy atom. The van der Waals surface area contributed by atoms with E-state index in [4.69, 9.17) is 4.74 Å². The quantitative estimate of drug-likeness (QED) is 0.855. The van der Waals surface area contributed by atoms with Gasteiger partial charge in [0, 0.05) is 18.2 Å². The summed E-state index contributed by atoms with van der Waals surface area (Å²) in [5.41, 5.74) is 3.23. The third-order valence-corrected chi connectivity index (χ3v) is 3.65. The molecule has 0 spiro atoms. The Morgan fingerprint density at radius 2 is 1.86 bits per heavy atom. The van der Waals surface area contributed by atoms with Crippen LogP contribution >= 0.6 is 0 Å². The van der Waals surface area contributed by atoms with Gasteiger partial charge in [-0.15, -0.1) is 0 Å². The summed E-state index contributed by atoms with van der Waals surface area (Å²) in [4.78, 5) is 0. The Balaban J connectivity index is 2.02. The van der Waals surface area contributed by atoms with Crippen LogP contribution in [0.3, 0.4) is 0 Å². The van der Waals surface area contributed by atoms with Crippen molar-refractivity contribution < 1.29 is 9.84 Å². The molecule has 3 nitrogen and oxygen atoms in total. The SMILES string of the molecule is COc1ccc(C)cc1C(C)NCC(O)c1ccccc1. The number of ether oxygens (including phenoxy) is 1. The molecule has 112 valence electrons. The van der Waals surface area contributed by atoms with E-state index in [1.54, 1.807) is 7.11 Å². The highest BCUT2D eigenvalue weighted by atomic mass is 16.5. The number of aliphatic hydroxyl groups is 1. The smallest absolute Gasteiger partial charge is 0.123 e. The molecule has 0 radical (unpaired) electrons. The van der Waals surface area contributed by atoms with Crippen molar-refractivity contribution in [1.82, 2.24) is 5.32 Å². The number of hydrogen-bond donors (Lipinski definition) is 2. The summed E-state index contributed by atoms with van der Waals surface area (Å²) < 4.78 is 5.41. The molecule has 2 unspecified atom stereocenters. The zero-order valence-corrected chi connectivity index (χ0v) is 12.8. The number of aryl methyl sites for hydroxylation is 1. The number of rotatable bonds is 6. The first kappa shape index (κ1) is 15.5. The summed E-state index contributed by atoms with van der Waals surface area (Å²) in [7, 11) is 1.68. The summed E-state index contributed by atoms with van der Waals surface area (Å²) in [6.07, 6.45) is -0.510. The molecule has 2 aromatic carbocycles. The lowest BCUT2D eigenvalue weighted by atomic mass is 10.0. The second kappa shape index (κ2) is 7.25. The van der Waals surface area contributed by atoms with Crippen LogP contribution < -0.4 is 10.1 Å². The van der Waals surface area contributed by atoms with Crippen LogP contribution in [0.2, 0.25) is 0 Å². The van der Waals surface area contributed by atoms with Gasteiger partial charge >= 0.3 is 0 Å². The van der Waals surface area contributed by atoms with Gasteiger partial charge in [-0.25, -0.2) is 0 Å². The topological polar surface area (TPSA) is 41.5 Å². The van der Waals surface area contributed by atoms with Crippen molar-refractivity contribution in [1.29, 1.82) is 0 Å². The van der Waals surface area contributed by atoms with Gasteiger partial charge in [-0.05, 0) is 25.5 Å². The highest BCUT2D eigenvalue weighted by molar-refractivity contribution is 5.38. The van der Waals surface area contributed by atoms with E-state index in [0.717, 1.165) is 16.9 Å². The van der Waals surface area contributed by atoms with E-state index in [-0.39, 0.29) is 6.04 Å². The zero-order chi connectivity index (χ0) is 15.2. The molecule has 2 atom stereocenters. The molecule has 2 N–H and O–H groups in total. The van der Waals surface area contributed by atoms with Crippen LogP contribution in [0.15, 0.2) is 48.5 Å². The minimum Gasteiger partial charge on any atom is -0.496 e. The zero-order valence-electron chi connectivity index (χ0n) is 12.8. The van der Waals surface area contributed by atoms with Crippen LogP contribution in [0.25, 0.3) is 0 Å². The molecule has 0 aliphatic heterocycles. The minimum absolute atomic E-state index is 0.109. The highest BCUT2D eigenvalue weighted by Crippen LogP contribution is 2.26. The number of aliphatic hydroxyl groups excluding tert-OH is 1. The van der Waals surface area contributed by atoms with Crippen LogP contribution in [0.5, 0.6) is 5.75 Å². The van der Waals surface area contributed by atoms with Crippen LogP contribution in [0.1, 0.15) is 35.8 Å². The van der Waals surface area contributed by atoms with E-state index in [1.165, 1.54) is 5.56 Å². The second-order valence-electron chi connectivity index (χ2n) is 5.30. The van der Waals surface area contributed by atoms with Gasteiger partial charge in [0.2, 0.25) is 0 Å². The molecular weight excluding hydrogens is 262 g/mol. The monoisotopic (exact) mass is 285 g/mol. The predicted molar refractivity (Wildman–Crippen MR) is 85.6 cm³/mol. The van der Waals surface area contributed by atoms with Gasteiger partial charge in [0.25, 0.3) is 0 Å². The van der Waals surface area contributed by atoms with Gasteiger partial charge in [-0.2, -0.15) is 0 Å². The molecule has 0 bridgehead atoms.